The third-order valence-electron chi connectivity index (χ3n) is 3.77. The first kappa shape index (κ1) is 13.1. The molecule has 0 radical (unpaired) electrons. The van der Waals surface area contributed by atoms with Gasteiger partial charge in [-0.3, -0.25) is 0 Å². The van der Waals surface area contributed by atoms with Gasteiger partial charge in [-0.2, -0.15) is 0 Å². The Labute approximate surface area is 119 Å². The summed E-state index contributed by atoms with van der Waals surface area (Å²) in [5, 5.41) is 3.39. The average Bonchev–Trinajstić information content (AvgIpc) is 2.98. The van der Waals surface area contributed by atoms with Gasteiger partial charge >= 0.3 is 0 Å². The number of hydrogen-bond donors (Lipinski definition) is 1. The van der Waals surface area contributed by atoms with E-state index in [9.17, 15) is 0 Å². The number of methoxy groups -OCH3 is 1. The molecule has 1 N–H and O–H groups in total. The van der Waals surface area contributed by atoms with E-state index in [1.54, 1.807) is 7.11 Å². The largest absolute Gasteiger partial charge is 0.478 e. The van der Waals surface area contributed by atoms with Crippen molar-refractivity contribution in [3.63, 3.8) is 0 Å². The van der Waals surface area contributed by atoms with Crippen molar-refractivity contribution in [3.05, 3.63) is 24.3 Å². The van der Waals surface area contributed by atoms with Crippen LogP contribution in [0.5, 0.6) is 5.88 Å². The van der Waals surface area contributed by atoms with Crippen LogP contribution in [0.15, 0.2) is 24.3 Å². The molecule has 1 fully saturated rings. The van der Waals surface area contributed by atoms with E-state index >= 15 is 0 Å². The fourth-order valence-electron chi connectivity index (χ4n) is 2.70. The fraction of sp³-hybridized carbons (Fsp3) is 0.467. The number of ether oxygens (including phenoxy) is 1. The maximum absolute atomic E-state index is 5.41. The second-order valence-electron chi connectivity index (χ2n) is 5.28. The van der Waals surface area contributed by atoms with Crippen LogP contribution in [-0.2, 0) is 0 Å². The van der Waals surface area contributed by atoms with E-state index in [4.69, 9.17) is 9.72 Å². The van der Waals surface area contributed by atoms with Crippen molar-refractivity contribution in [2.45, 2.75) is 6.42 Å². The highest BCUT2D eigenvalue weighted by Crippen LogP contribution is 2.26. The fourth-order valence-corrected chi connectivity index (χ4v) is 2.70. The Morgan fingerprint density at radius 1 is 1.30 bits per heavy atom. The van der Waals surface area contributed by atoms with Crippen LogP contribution in [0.1, 0.15) is 6.42 Å². The van der Waals surface area contributed by atoms with E-state index in [0.717, 1.165) is 36.5 Å². The van der Waals surface area contributed by atoms with Crippen molar-refractivity contribution in [2.24, 2.45) is 5.92 Å². The monoisotopic (exact) mass is 272 g/mol. The molecule has 3 rings (SSSR count). The Hall–Kier alpha value is -1.88. The molecule has 1 saturated heterocycles. The number of benzene rings is 1. The quantitative estimate of drug-likeness (QED) is 0.918. The second-order valence-corrected chi connectivity index (χ2v) is 5.28. The number of anilines is 1. The van der Waals surface area contributed by atoms with Gasteiger partial charge in [0.15, 0.2) is 5.82 Å². The average molecular weight is 272 g/mol. The first-order chi connectivity index (χ1) is 9.78. The molecule has 2 aromatic rings. The molecule has 1 aliphatic heterocycles. The van der Waals surface area contributed by atoms with Gasteiger partial charge in [0, 0.05) is 13.6 Å². The Balaban J connectivity index is 1.91. The van der Waals surface area contributed by atoms with E-state index in [1.807, 2.05) is 24.3 Å². The second kappa shape index (κ2) is 5.63. The highest BCUT2D eigenvalue weighted by molar-refractivity contribution is 5.77. The molecule has 1 aliphatic rings. The van der Waals surface area contributed by atoms with Crippen LogP contribution in [0.2, 0.25) is 0 Å². The molecule has 0 amide bonds. The number of nitrogens with one attached hydrogen (secondary N) is 1. The lowest BCUT2D eigenvalue weighted by molar-refractivity contribution is 0.397. The lowest BCUT2D eigenvalue weighted by atomic mass is 10.1. The van der Waals surface area contributed by atoms with Gasteiger partial charge in [-0.05, 0) is 37.6 Å². The predicted molar refractivity (Wildman–Crippen MR) is 80.3 cm³/mol. The van der Waals surface area contributed by atoms with E-state index in [2.05, 4.69) is 22.2 Å². The molecular weight excluding hydrogens is 252 g/mol. The van der Waals surface area contributed by atoms with Gasteiger partial charge in [0.2, 0.25) is 0 Å². The summed E-state index contributed by atoms with van der Waals surface area (Å²) in [7, 11) is 3.70. The Morgan fingerprint density at radius 3 is 2.70 bits per heavy atom. The minimum absolute atomic E-state index is 0.595. The van der Waals surface area contributed by atoms with Crippen molar-refractivity contribution in [1.82, 2.24) is 15.3 Å². The maximum Gasteiger partial charge on any atom is 0.257 e. The summed E-state index contributed by atoms with van der Waals surface area (Å²) in [6, 6.07) is 7.88. The van der Waals surface area contributed by atoms with Gasteiger partial charge in [0.1, 0.15) is 0 Å². The molecule has 2 heterocycles. The number of rotatable bonds is 4. The van der Waals surface area contributed by atoms with Gasteiger partial charge in [0.05, 0.1) is 18.1 Å². The number of nitrogens with zero attached hydrogens (tertiary/aromatic N) is 3. The van der Waals surface area contributed by atoms with Gasteiger partial charge in [-0.1, -0.05) is 12.1 Å². The van der Waals surface area contributed by atoms with Gasteiger partial charge in [-0.25, -0.2) is 9.97 Å². The van der Waals surface area contributed by atoms with Crippen molar-refractivity contribution in [1.29, 1.82) is 0 Å². The molecular formula is C15H20N4O. The summed E-state index contributed by atoms with van der Waals surface area (Å²) in [6.45, 7) is 3.16. The summed E-state index contributed by atoms with van der Waals surface area (Å²) in [6.07, 6.45) is 1.22. The number of fused-ring (bicyclic) bond motifs is 1. The lowest BCUT2D eigenvalue weighted by Crippen LogP contribution is -2.28. The predicted octanol–water partition coefficient (Wildman–Crippen LogP) is 1.68. The van der Waals surface area contributed by atoms with E-state index < -0.39 is 0 Å². The first-order valence-electron chi connectivity index (χ1n) is 7.00. The summed E-state index contributed by atoms with van der Waals surface area (Å²) in [4.78, 5) is 11.4. The Bertz CT molecular complexity index is 595. The van der Waals surface area contributed by atoms with Crippen LogP contribution in [0, 0.1) is 5.92 Å². The molecule has 0 unspecified atom stereocenters. The standard InChI is InChI=1S/C15H20N4O/c1-19(10-11-7-8-16-9-11)14-15(20-2)18-13-6-4-3-5-12(13)17-14/h3-6,11,16H,7-10H2,1-2H3/t11-/m1/s1. The molecule has 0 aliphatic carbocycles. The lowest BCUT2D eigenvalue weighted by Gasteiger charge is -2.23. The smallest absolute Gasteiger partial charge is 0.257 e. The summed E-state index contributed by atoms with van der Waals surface area (Å²) >= 11 is 0. The molecule has 0 saturated carbocycles. The molecule has 1 aromatic carbocycles. The van der Waals surface area contributed by atoms with Crippen LogP contribution in [-0.4, -0.2) is 43.8 Å². The molecule has 5 nitrogen and oxygen atoms in total. The molecule has 0 bridgehead atoms. The van der Waals surface area contributed by atoms with Crippen molar-refractivity contribution < 1.29 is 4.74 Å². The Kier molecular flexibility index (Phi) is 3.69. The maximum atomic E-state index is 5.41. The Morgan fingerprint density at radius 2 is 2.05 bits per heavy atom. The minimum atomic E-state index is 0.595. The number of para-hydroxylation sites is 2. The highest BCUT2D eigenvalue weighted by Gasteiger charge is 2.20. The van der Waals surface area contributed by atoms with Crippen LogP contribution in [0.3, 0.4) is 0 Å². The molecule has 0 spiro atoms. The van der Waals surface area contributed by atoms with Crippen molar-refractivity contribution in [2.75, 3.05) is 38.7 Å². The minimum Gasteiger partial charge on any atom is -0.478 e. The van der Waals surface area contributed by atoms with Crippen molar-refractivity contribution in [3.8, 4) is 5.88 Å². The van der Waals surface area contributed by atoms with E-state index in [-0.39, 0.29) is 0 Å². The SMILES string of the molecule is COc1nc2ccccc2nc1N(C)C[C@@H]1CCNC1. The van der Waals surface area contributed by atoms with E-state index in [1.165, 1.54) is 6.42 Å². The van der Waals surface area contributed by atoms with Crippen molar-refractivity contribution >= 4 is 16.9 Å². The molecule has 20 heavy (non-hydrogen) atoms. The van der Waals surface area contributed by atoms with Gasteiger partial charge in [0.25, 0.3) is 5.88 Å². The van der Waals surface area contributed by atoms with Crippen LogP contribution in [0.4, 0.5) is 5.82 Å². The molecule has 1 aromatic heterocycles. The van der Waals surface area contributed by atoms with Crippen LogP contribution >= 0.6 is 0 Å². The number of aromatic nitrogens is 2. The third kappa shape index (κ3) is 2.54. The van der Waals surface area contributed by atoms with Crippen LogP contribution < -0.4 is 15.0 Å². The normalized spacial score (nSPS) is 18.4. The summed E-state index contributed by atoms with van der Waals surface area (Å²) < 4.78 is 5.41. The highest BCUT2D eigenvalue weighted by atomic mass is 16.5. The first-order valence-corrected chi connectivity index (χ1v) is 7.00. The zero-order chi connectivity index (χ0) is 13.9. The third-order valence-corrected chi connectivity index (χ3v) is 3.77. The zero-order valence-corrected chi connectivity index (χ0v) is 12.0. The summed E-state index contributed by atoms with van der Waals surface area (Å²) in [5.41, 5.74) is 1.77. The van der Waals surface area contributed by atoms with Gasteiger partial charge in [-0.15, -0.1) is 0 Å². The molecule has 106 valence electrons. The summed E-state index contributed by atoms with van der Waals surface area (Å²) in [5.74, 6) is 2.08. The topological polar surface area (TPSA) is 50.3 Å². The zero-order valence-electron chi connectivity index (χ0n) is 12.0. The molecule has 5 heteroatoms. The van der Waals surface area contributed by atoms with E-state index in [0.29, 0.717) is 11.8 Å². The molecule has 1 atom stereocenters. The van der Waals surface area contributed by atoms with Gasteiger partial charge < -0.3 is 15.0 Å². The number of hydrogen-bond acceptors (Lipinski definition) is 5. The van der Waals surface area contributed by atoms with Crippen LogP contribution in [0.25, 0.3) is 11.0 Å².